The van der Waals surface area contributed by atoms with Crippen LogP contribution in [0.4, 0.5) is 4.79 Å². The van der Waals surface area contributed by atoms with Gasteiger partial charge in [-0.25, -0.2) is 4.79 Å². The molecule has 2 atom stereocenters. The number of likely N-dealkylation sites (N-methyl/N-ethyl adjacent to an activating group) is 1. The maximum absolute atomic E-state index is 13.0. The molecule has 0 aliphatic rings. The van der Waals surface area contributed by atoms with Gasteiger partial charge in [-0.15, -0.1) is 0 Å². The summed E-state index contributed by atoms with van der Waals surface area (Å²) in [7, 11) is 1.57. The minimum absolute atomic E-state index is 0.00296. The van der Waals surface area contributed by atoms with E-state index in [1.54, 1.807) is 27.8 Å². The van der Waals surface area contributed by atoms with Gasteiger partial charge in [-0.2, -0.15) is 0 Å². The Morgan fingerprint density at radius 1 is 1.21 bits per heavy atom. The van der Waals surface area contributed by atoms with Crippen molar-refractivity contribution in [3.63, 3.8) is 0 Å². The van der Waals surface area contributed by atoms with Gasteiger partial charge < -0.3 is 20.3 Å². The summed E-state index contributed by atoms with van der Waals surface area (Å²) < 4.78 is 5.16. The molecule has 1 rings (SSSR count). The summed E-state index contributed by atoms with van der Waals surface area (Å²) in [6, 6.07) is 6.72. The fraction of sp³-hybridized carbons (Fsp3) is 0.591. The van der Waals surface area contributed by atoms with Crippen LogP contribution in [-0.2, 0) is 14.3 Å². The third-order valence-electron chi connectivity index (χ3n) is 4.28. The summed E-state index contributed by atoms with van der Waals surface area (Å²) in [6.07, 6.45) is 1.13. The second kappa shape index (κ2) is 10.8. The molecule has 0 saturated carbocycles. The lowest BCUT2D eigenvalue weighted by Gasteiger charge is -2.29. The van der Waals surface area contributed by atoms with Crippen LogP contribution in [0.25, 0.3) is 0 Å². The van der Waals surface area contributed by atoms with Crippen molar-refractivity contribution in [2.45, 2.75) is 72.1 Å². The first kappa shape index (κ1) is 24.5. The molecule has 0 aliphatic heterocycles. The molecule has 0 fully saturated rings. The number of hydrogen-bond acceptors (Lipinski definition) is 4. The van der Waals surface area contributed by atoms with Crippen LogP contribution < -0.4 is 10.6 Å². The topological polar surface area (TPSA) is 87.7 Å². The predicted octanol–water partition coefficient (Wildman–Crippen LogP) is 3.32. The van der Waals surface area contributed by atoms with Crippen LogP contribution in [0.5, 0.6) is 0 Å². The van der Waals surface area contributed by atoms with E-state index in [0.29, 0.717) is 0 Å². The van der Waals surface area contributed by atoms with Crippen molar-refractivity contribution in [1.29, 1.82) is 0 Å². The largest absolute Gasteiger partial charge is 0.444 e. The van der Waals surface area contributed by atoms with Crippen molar-refractivity contribution in [3.05, 3.63) is 35.4 Å². The molecule has 29 heavy (non-hydrogen) atoms. The molecular weight excluding hydrogens is 370 g/mol. The van der Waals surface area contributed by atoms with Crippen molar-refractivity contribution in [3.8, 4) is 0 Å². The lowest BCUT2D eigenvalue weighted by atomic mass is 10.0. The Kier molecular flexibility index (Phi) is 9.14. The second-order valence-electron chi connectivity index (χ2n) is 8.38. The van der Waals surface area contributed by atoms with Crippen LogP contribution >= 0.6 is 0 Å². The maximum atomic E-state index is 13.0. The highest BCUT2D eigenvalue weighted by Crippen LogP contribution is 2.21. The average Bonchev–Trinajstić information content (AvgIpc) is 2.58. The smallest absolute Gasteiger partial charge is 0.408 e. The quantitative estimate of drug-likeness (QED) is 0.694. The fourth-order valence-electron chi connectivity index (χ4n) is 2.95. The van der Waals surface area contributed by atoms with Gasteiger partial charge in [0, 0.05) is 13.1 Å². The van der Waals surface area contributed by atoms with Crippen LogP contribution in [0, 0.1) is 6.92 Å². The van der Waals surface area contributed by atoms with Gasteiger partial charge in [-0.1, -0.05) is 43.2 Å². The van der Waals surface area contributed by atoms with Gasteiger partial charge in [0.2, 0.25) is 11.8 Å². The van der Waals surface area contributed by atoms with Gasteiger partial charge in [0.1, 0.15) is 18.2 Å². The third-order valence-corrected chi connectivity index (χ3v) is 4.28. The Balaban J connectivity index is 2.95. The van der Waals surface area contributed by atoms with Gasteiger partial charge >= 0.3 is 6.09 Å². The third kappa shape index (κ3) is 8.54. The molecule has 0 saturated heterocycles. The molecule has 7 nitrogen and oxygen atoms in total. The number of ether oxygens (including phenoxy) is 1. The number of amides is 3. The number of hydrogen-bond donors (Lipinski definition) is 2. The molecule has 3 amide bonds. The molecule has 1 aromatic carbocycles. The minimum atomic E-state index is -0.790. The van der Waals surface area contributed by atoms with Gasteiger partial charge in [0.15, 0.2) is 0 Å². The van der Waals surface area contributed by atoms with Crippen LogP contribution in [-0.4, -0.2) is 48.0 Å². The molecule has 2 unspecified atom stereocenters. The molecule has 1 aromatic rings. The Morgan fingerprint density at radius 2 is 1.86 bits per heavy atom. The standard InChI is InChI=1S/C22H35N3O4/c1-8-10-16(3)24-20(27)19(17-12-9-11-15(2)13-17)25(7)18(26)14-23-21(28)29-22(4,5)6/h9,11-13,16,19H,8,10,14H2,1-7H3,(H,23,28)(H,24,27). The first-order chi connectivity index (χ1) is 13.4. The summed E-state index contributed by atoms with van der Waals surface area (Å²) >= 11 is 0. The molecule has 0 spiro atoms. The fourth-order valence-corrected chi connectivity index (χ4v) is 2.95. The SMILES string of the molecule is CCCC(C)NC(=O)C(c1cccc(C)c1)N(C)C(=O)CNC(=O)OC(C)(C)C. The van der Waals surface area contributed by atoms with Crippen LogP contribution in [0.1, 0.15) is 64.6 Å². The monoisotopic (exact) mass is 405 g/mol. The molecule has 2 N–H and O–H groups in total. The first-order valence-corrected chi connectivity index (χ1v) is 10.0. The predicted molar refractivity (Wildman–Crippen MR) is 113 cm³/mol. The Labute approximate surface area is 174 Å². The van der Waals surface area contributed by atoms with E-state index in [1.807, 2.05) is 38.1 Å². The minimum Gasteiger partial charge on any atom is -0.444 e. The Hall–Kier alpha value is -2.57. The van der Waals surface area contributed by atoms with Gasteiger partial charge in [0.25, 0.3) is 0 Å². The van der Waals surface area contributed by atoms with E-state index in [1.165, 1.54) is 4.90 Å². The van der Waals surface area contributed by atoms with Crippen molar-refractivity contribution in [1.82, 2.24) is 15.5 Å². The molecule has 0 aliphatic carbocycles. The van der Waals surface area contributed by atoms with E-state index >= 15 is 0 Å². The zero-order valence-corrected chi connectivity index (χ0v) is 18.7. The molecule has 0 aromatic heterocycles. The van der Waals surface area contributed by atoms with E-state index in [2.05, 4.69) is 17.6 Å². The molecule has 162 valence electrons. The van der Waals surface area contributed by atoms with Crippen molar-refractivity contribution < 1.29 is 19.1 Å². The number of aryl methyl sites for hydroxylation is 1. The van der Waals surface area contributed by atoms with E-state index in [0.717, 1.165) is 24.0 Å². The number of nitrogens with one attached hydrogen (secondary N) is 2. The number of carbonyl (C=O) groups is 3. The summed E-state index contributed by atoms with van der Waals surface area (Å²) in [5.41, 5.74) is 1.06. The normalized spacial score (nSPS) is 13.2. The summed E-state index contributed by atoms with van der Waals surface area (Å²) in [5, 5.41) is 5.44. The number of benzene rings is 1. The lowest BCUT2D eigenvalue weighted by Crippen LogP contribution is -2.47. The molecule has 0 radical (unpaired) electrons. The number of alkyl carbamates (subject to hydrolysis) is 1. The Bertz CT molecular complexity index is 712. The average molecular weight is 406 g/mol. The van der Waals surface area contributed by atoms with Crippen molar-refractivity contribution in [2.24, 2.45) is 0 Å². The zero-order chi connectivity index (χ0) is 22.2. The van der Waals surface area contributed by atoms with Crippen LogP contribution in [0.2, 0.25) is 0 Å². The summed E-state index contributed by atoms with van der Waals surface area (Å²) in [6.45, 7) is 10.9. The number of carbonyl (C=O) groups excluding carboxylic acids is 3. The van der Waals surface area contributed by atoms with E-state index in [-0.39, 0.29) is 24.4 Å². The Morgan fingerprint density at radius 3 is 2.41 bits per heavy atom. The number of nitrogens with zero attached hydrogens (tertiary/aromatic N) is 1. The highest BCUT2D eigenvalue weighted by molar-refractivity contribution is 5.90. The first-order valence-electron chi connectivity index (χ1n) is 10.0. The van der Waals surface area contributed by atoms with Gasteiger partial charge in [-0.05, 0) is 46.6 Å². The summed E-state index contributed by atoms with van der Waals surface area (Å²) in [5.74, 6) is -0.634. The number of rotatable bonds is 8. The van der Waals surface area contributed by atoms with Crippen molar-refractivity contribution >= 4 is 17.9 Å². The molecule has 0 bridgehead atoms. The van der Waals surface area contributed by atoms with Gasteiger partial charge in [-0.3, -0.25) is 9.59 Å². The van der Waals surface area contributed by atoms with Crippen LogP contribution in [0.3, 0.4) is 0 Å². The van der Waals surface area contributed by atoms with Crippen molar-refractivity contribution in [2.75, 3.05) is 13.6 Å². The van der Waals surface area contributed by atoms with E-state index in [4.69, 9.17) is 4.74 Å². The summed E-state index contributed by atoms with van der Waals surface area (Å²) in [4.78, 5) is 38.9. The molecule has 0 heterocycles. The van der Waals surface area contributed by atoms with E-state index in [9.17, 15) is 14.4 Å². The van der Waals surface area contributed by atoms with Gasteiger partial charge in [0.05, 0.1) is 0 Å². The van der Waals surface area contributed by atoms with E-state index < -0.39 is 17.7 Å². The molecular formula is C22H35N3O4. The second-order valence-corrected chi connectivity index (χ2v) is 8.38. The zero-order valence-electron chi connectivity index (χ0n) is 18.7. The lowest BCUT2D eigenvalue weighted by molar-refractivity contribution is -0.138. The molecule has 7 heteroatoms. The highest BCUT2D eigenvalue weighted by Gasteiger charge is 2.29. The van der Waals surface area contributed by atoms with Crippen LogP contribution in [0.15, 0.2) is 24.3 Å². The highest BCUT2D eigenvalue weighted by atomic mass is 16.6. The maximum Gasteiger partial charge on any atom is 0.408 e.